The van der Waals surface area contributed by atoms with Gasteiger partial charge in [0.25, 0.3) is 0 Å². The molecule has 3 heteroatoms. The van der Waals surface area contributed by atoms with Crippen LogP contribution < -0.4 is 5.32 Å². The van der Waals surface area contributed by atoms with Crippen molar-refractivity contribution in [2.45, 2.75) is 58.0 Å². The van der Waals surface area contributed by atoms with Gasteiger partial charge in [0.05, 0.1) is 6.04 Å². The van der Waals surface area contributed by atoms with Crippen molar-refractivity contribution in [1.82, 2.24) is 15.2 Å². The summed E-state index contributed by atoms with van der Waals surface area (Å²) in [5.41, 5.74) is 2.75. The lowest BCUT2D eigenvalue weighted by molar-refractivity contribution is 0.0861. The highest BCUT2D eigenvalue weighted by Crippen LogP contribution is 2.33. The fourth-order valence-corrected chi connectivity index (χ4v) is 3.50. The molecule has 1 aliphatic rings. The summed E-state index contributed by atoms with van der Waals surface area (Å²) in [6, 6.07) is 2.42. The molecule has 1 aromatic rings. The van der Waals surface area contributed by atoms with Crippen molar-refractivity contribution < 1.29 is 0 Å². The monoisotopic (exact) mass is 275 g/mol. The van der Waals surface area contributed by atoms with E-state index in [-0.39, 0.29) is 5.54 Å². The van der Waals surface area contributed by atoms with Crippen molar-refractivity contribution in [3.63, 3.8) is 0 Å². The van der Waals surface area contributed by atoms with E-state index in [2.05, 4.69) is 49.1 Å². The molecule has 1 unspecified atom stereocenters. The molecule has 1 aliphatic heterocycles. The summed E-state index contributed by atoms with van der Waals surface area (Å²) >= 11 is 0. The molecule has 0 spiro atoms. The Labute approximate surface area is 123 Å². The van der Waals surface area contributed by atoms with E-state index in [0.717, 1.165) is 0 Å². The van der Waals surface area contributed by atoms with E-state index in [1.54, 1.807) is 0 Å². The summed E-state index contributed by atoms with van der Waals surface area (Å²) in [7, 11) is 2.07. The summed E-state index contributed by atoms with van der Waals surface area (Å²) < 4.78 is 0. The Bertz CT molecular complexity index is 420. The van der Waals surface area contributed by atoms with Crippen LogP contribution in [0.3, 0.4) is 0 Å². The van der Waals surface area contributed by atoms with Gasteiger partial charge >= 0.3 is 0 Å². The van der Waals surface area contributed by atoms with Crippen molar-refractivity contribution in [2.24, 2.45) is 0 Å². The number of pyridine rings is 1. The molecule has 0 aromatic carbocycles. The standard InChI is InChI=1S/C17H29N3/c1-14-9-10-19-13-15(14)16(18-4)17(2,3)20-11-7-5-6-8-12-20/h9-10,13,16,18H,5-8,11-12H2,1-4H3. The molecule has 2 rings (SSSR count). The van der Waals surface area contributed by atoms with Crippen LogP contribution in [-0.4, -0.2) is 35.6 Å². The zero-order chi connectivity index (χ0) is 14.6. The highest BCUT2D eigenvalue weighted by atomic mass is 15.2. The second-order valence-electron chi connectivity index (χ2n) is 6.51. The van der Waals surface area contributed by atoms with Crippen LogP contribution in [0.2, 0.25) is 0 Å². The van der Waals surface area contributed by atoms with Gasteiger partial charge in [0.2, 0.25) is 0 Å². The summed E-state index contributed by atoms with van der Waals surface area (Å²) in [5.74, 6) is 0. The molecule has 1 aromatic heterocycles. The molecule has 0 amide bonds. The zero-order valence-electron chi connectivity index (χ0n) is 13.4. The van der Waals surface area contributed by atoms with Crippen molar-refractivity contribution >= 4 is 0 Å². The number of likely N-dealkylation sites (tertiary alicyclic amines) is 1. The van der Waals surface area contributed by atoms with E-state index in [1.165, 1.54) is 49.9 Å². The Balaban J connectivity index is 2.26. The average molecular weight is 275 g/mol. The van der Waals surface area contributed by atoms with E-state index in [1.807, 2.05) is 12.4 Å². The lowest BCUT2D eigenvalue weighted by Gasteiger charge is -2.44. The number of aromatic nitrogens is 1. The Morgan fingerprint density at radius 1 is 1.20 bits per heavy atom. The molecular weight excluding hydrogens is 246 g/mol. The molecule has 1 fully saturated rings. The van der Waals surface area contributed by atoms with Crippen LogP contribution in [0.4, 0.5) is 0 Å². The molecule has 1 saturated heterocycles. The molecule has 2 heterocycles. The van der Waals surface area contributed by atoms with E-state index in [0.29, 0.717) is 6.04 Å². The average Bonchev–Trinajstić information content (AvgIpc) is 2.71. The number of likely N-dealkylation sites (N-methyl/N-ethyl adjacent to an activating group) is 1. The van der Waals surface area contributed by atoms with Gasteiger partial charge in [-0.05, 0) is 70.9 Å². The molecular formula is C17H29N3. The topological polar surface area (TPSA) is 28.2 Å². The quantitative estimate of drug-likeness (QED) is 0.914. The van der Waals surface area contributed by atoms with Crippen molar-refractivity contribution in [2.75, 3.05) is 20.1 Å². The first kappa shape index (κ1) is 15.5. The van der Waals surface area contributed by atoms with Gasteiger partial charge in [0.15, 0.2) is 0 Å². The fraction of sp³-hybridized carbons (Fsp3) is 0.706. The maximum atomic E-state index is 4.33. The molecule has 0 radical (unpaired) electrons. The molecule has 0 aliphatic carbocycles. The van der Waals surface area contributed by atoms with Gasteiger partial charge in [-0.1, -0.05) is 12.8 Å². The second-order valence-corrected chi connectivity index (χ2v) is 6.51. The molecule has 0 bridgehead atoms. The SMILES string of the molecule is CNC(c1cnccc1C)C(C)(C)N1CCCCCC1. The predicted octanol–water partition coefficient (Wildman–Crippen LogP) is 3.31. The van der Waals surface area contributed by atoms with Crippen LogP contribution >= 0.6 is 0 Å². The van der Waals surface area contributed by atoms with E-state index in [4.69, 9.17) is 0 Å². The van der Waals surface area contributed by atoms with Gasteiger partial charge in [-0.25, -0.2) is 0 Å². The number of nitrogens with one attached hydrogen (secondary N) is 1. The summed E-state index contributed by atoms with van der Waals surface area (Å²) in [5, 5.41) is 3.54. The Morgan fingerprint density at radius 3 is 2.40 bits per heavy atom. The van der Waals surface area contributed by atoms with Gasteiger partial charge in [0.1, 0.15) is 0 Å². The summed E-state index contributed by atoms with van der Waals surface area (Å²) in [4.78, 5) is 6.99. The Kier molecular flexibility index (Phi) is 5.17. The first-order valence-corrected chi connectivity index (χ1v) is 7.90. The Hall–Kier alpha value is -0.930. The van der Waals surface area contributed by atoms with E-state index < -0.39 is 0 Å². The number of hydrogen-bond donors (Lipinski definition) is 1. The van der Waals surface area contributed by atoms with Crippen LogP contribution in [0, 0.1) is 6.92 Å². The molecule has 3 nitrogen and oxygen atoms in total. The molecule has 1 N–H and O–H groups in total. The van der Waals surface area contributed by atoms with Gasteiger partial charge < -0.3 is 5.32 Å². The smallest absolute Gasteiger partial charge is 0.0517 e. The van der Waals surface area contributed by atoms with Crippen LogP contribution in [0.15, 0.2) is 18.5 Å². The maximum absolute atomic E-state index is 4.33. The number of hydrogen-bond acceptors (Lipinski definition) is 3. The minimum atomic E-state index is 0.104. The third-order valence-electron chi connectivity index (χ3n) is 4.81. The lowest BCUT2D eigenvalue weighted by atomic mass is 9.85. The first-order chi connectivity index (χ1) is 9.57. The number of nitrogens with zero attached hydrogens (tertiary/aromatic N) is 2. The molecule has 112 valence electrons. The maximum Gasteiger partial charge on any atom is 0.0517 e. The van der Waals surface area contributed by atoms with Crippen molar-refractivity contribution in [1.29, 1.82) is 0 Å². The predicted molar refractivity (Wildman–Crippen MR) is 84.9 cm³/mol. The zero-order valence-corrected chi connectivity index (χ0v) is 13.4. The second kappa shape index (κ2) is 6.68. The van der Waals surface area contributed by atoms with Crippen LogP contribution in [0.5, 0.6) is 0 Å². The highest BCUT2D eigenvalue weighted by Gasteiger charge is 2.36. The number of aryl methyl sites for hydroxylation is 1. The Morgan fingerprint density at radius 2 is 1.85 bits per heavy atom. The van der Waals surface area contributed by atoms with E-state index >= 15 is 0 Å². The lowest BCUT2D eigenvalue weighted by Crippen LogP contribution is -2.52. The minimum Gasteiger partial charge on any atom is -0.311 e. The fourth-order valence-electron chi connectivity index (χ4n) is 3.50. The van der Waals surface area contributed by atoms with E-state index in [9.17, 15) is 0 Å². The summed E-state index contributed by atoms with van der Waals surface area (Å²) in [6.45, 7) is 9.34. The largest absolute Gasteiger partial charge is 0.311 e. The van der Waals surface area contributed by atoms with Gasteiger partial charge in [-0.15, -0.1) is 0 Å². The highest BCUT2D eigenvalue weighted by molar-refractivity contribution is 5.28. The minimum absolute atomic E-state index is 0.104. The van der Waals surface area contributed by atoms with Gasteiger partial charge in [-0.2, -0.15) is 0 Å². The number of rotatable bonds is 4. The van der Waals surface area contributed by atoms with Crippen molar-refractivity contribution in [3.8, 4) is 0 Å². The normalized spacial score (nSPS) is 19.6. The van der Waals surface area contributed by atoms with Crippen LogP contribution in [0.1, 0.15) is 56.7 Å². The van der Waals surface area contributed by atoms with Crippen LogP contribution in [0.25, 0.3) is 0 Å². The third kappa shape index (κ3) is 3.21. The first-order valence-electron chi connectivity index (χ1n) is 7.90. The van der Waals surface area contributed by atoms with Gasteiger partial charge in [0, 0.05) is 17.9 Å². The van der Waals surface area contributed by atoms with Crippen molar-refractivity contribution in [3.05, 3.63) is 29.6 Å². The van der Waals surface area contributed by atoms with Crippen LogP contribution in [-0.2, 0) is 0 Å². The van der Waals surface area contributed by atoms with Gasteiger partial charge in [-0.3, -0.25) is 9.88 Å². The summed E-state index contributed by atoms with van der Waals surface area (Å²) in [6.07, 6.45) is 9.31. The molecule has 0 saturated carbocycles. The molecule has 1 atom stereocenters. The molecule has 20 heavy (non-hydrogen) atoms. The third-order valence-corrected chi connectivity index (χ3v) is 4.81.